The number of carboxylic acids is 1. The molecule has 1 heterocycles. The van der Waals surface area contributed by atoms with E-state index in [0.29, 0.717) is 4.90 Å². The van der Waals surface area contributed by atoms with Crippen LogP contribution in [0.4, 0.5) is 13.2 Å². The molecule has 0 aliphatic carbocycles. The average Bonchev–Trinajstić information content (AvgIpc) is 2.72. The lowest BCUT2D eigenvalue weighted by Gasteiger charge is -2.29. The molecule has 0 spiro atoms. The van der Waals surface area contributed by atoms with Crippen LogP contribution in [0.25, 0.3) is 0 Å². The lowest BCUT2D eigenvalue weighted by Crippen LogP contribution is -2.48. The van der Waals surface area contributed by atoms with Crippen LogP contribution < -0.4 is 0 Å². The third kappa shape index (κ3) is 4.38. The van der Waals surface area contributed by atoms with Crippen LogP contribution in [0, 0.1) is 0 Å². The zero-order valence-corrected chi connectivity index (χ0v) is 10.6. The van der Waals surface area contributed by atoms with Crippen LogP contribution in [0.2, 0.25) is 0 Å². The summed E-state index contributed by atoms with van der Waals surface area (Å²) in [5.41, 5.74) is 0. The maximum Gasteiger partial charge on any atom is 0.406 e. The van der Waals surface area contributed by atoms with E-state index in [0.717, 1.165) is 0 Å². The van der Waals surface area contributed by atoms with E-state index in [1.165, 1.54) is 13.8 Å². The number of nitrogens with zero attached hydrogens (tertiary/aromatic N) is 1. The van der Waals surface area contributed by atoms with Gasteiger partial charge in [0, 0.05) is 6.04 Å². The molecule has 19 heavy (non-hydrogen) atoms. The molecule has 1 aliphatic rings. The van der Waals surface area contributed by atoms with E-state index in [1.54, 1.807) is 0 Å². The van der Waals surface area contributed by atoms with E-state index >= 15 is 0 Å². The predicted octanol–water partition coefficient (Wildman–Crippen LogP) is 1.42. The molecule has 0 aromatic carbocycles. The molecule has 1 saturated heterocycles. The number of rotatable bonds is 4. The van der Waals surface area contributed by atoms with Gasteiger partial charge in [0.05, 0.1) is 0 Å². The van der Waals surface area contributed by atoms with Gasteiger partial charge in [-0.15, -0.1) is 0 Å². The Kier molecular flexibility index (Phi) is 4.78. The highest BCUT2D eigenvalue weighted by molar-refractivity contribution is 5.83. The summed E-state index contributed by atoms with van der Waals surface area (Å²) in [4.78, 5) is 23.3. The summed E-state index contributed by atoms with van der Waals surface area (Å²) in [6, 6.07) is -0.637. The Labute approximate surface area is 108 Å². The van der Waals surface area contributed by atoms with Crippen LogP contribution in [-0.4, -0.2) is 52.9 Å². The number of aliphatic carboxylic acids is 1. The van der Waals surface area contributed by atoms with E-state index in [2.05, 4.69) is 0 Å². The Morgan fingerprint density at radius 1 is 1.32 bits per heavy atom. The van der Waals surface area contributed by atoms with Crippen molar-refractivity contribution in [2.24, 2.45) is 0 Å². The second kappa shape index (κ2) is 5.77. The molecule has 1 amide bonds. The third-order valence-electron chi connectivity index (χ3n) is 2.83. The third-order valence-corrected chi connectivity index (χ3v) is 2.83. The van der Waals surface area contributed by atoms with E-state index in [9.17, 15) is 22.8 Å². The number of carbonyl (C=O) groups is 2. The van der Waals surface area contributed by atoms with Gasteiger partial charge in [0.1, 0.15) is 12.6 Å². The molecule has 1 fully saturated rings. The molecule has 110 valence electrons. The highest BCUT2D eigenvalue weighted by Gasteiger charge is 2.41. The van der Waals surface area contributed by atoms with Crippen molar-refractivity contribution < 1.29 is 32.6 Å². The highest BCUT2D eigenvalue weighted by atomic mass is 19.4. The summed E-state index contributed by atoms with van der Waals surface area (Å²) < 4.78 is 42.1. The summed E-state index contributed by atoms with van der Waals surface area (Å²) in [5, 5.41) is 8.72. The van der Waals surface area contributed by atoms with Gasteiger partial charge in [0.15, 0.2) is 6.10 Å². The fourth-order valence-electron chi connectivity index (χ4n) is 1.89. The van der Waals surface area contributed by atoms with Crippen LogP contribution in [-0.2, 0) is 14.3 Å². The van der Waals surface area contributed by atoms with Crippen LogP contribution in [0.3, 0.4) is 0 Å². The number of hydrogen-bond donors (Lipinski definition) is 1. The summed E-state index contributed by atoms with van der Waals surface area (Å²) in [6.45, 7) is 1.57. The van der Waals surface area contributed by atoms with Gasteiger partial charge < -0.3 is 14.7 Å². The molecular formula is C11H16F3NO4. The SMILES string of the molecule is CC(C)N(CC(F)(F)F)C(=O)C1CCC(C(=O)O)O1. The van der Waals surface area contributed by atoms with Crippen molar-refractivity contribution in [3.8, 4) is 0 Å². The van der Waals surface area contributed by atoms with Crippen LogP contribution >= 0.6 is 0 Å². The zero-order chi connectivity index (χ0) is 14.8. The first-order valence-corrected chi connectivity index (χ1v) is 5.87. The van der Waals surface area contributed by atoms with Crippen molar-refractivity contribution in [2.45, 2.75) is 51.1 Å². The zero-order valence-electron chi connectivity index (χ0n) is 10.6. The van der Waals surface area contributed by atoms with Gasteiger partial charge in [-0.1, -0.05) is 0 Å². The molecular weight excluding hydrogens is 267 g/mol. The van der Waals surface area contributed by atoms with Crippen molar-refractivity contribution in [3.63, 3.8) is 0 Å². The molecule has 2 atom stereocenters. The minimum atomic E-state index is -4.50. The second-order valence-electron chi connectivity index (χ2n) is 4.70. The second-order valence-corrected chi connectivity index (χ2v) is 4.70. The average molecular weight is 283 g/mol. The summed E-state index contributed by atoms with van der Waals surface area (Å²) in [7, 11) is 0. The van der Waals surface area contributed by atoms with Gasteiger partial charge in [-0.3, -0.25) is 4.79 Å². The fraction of sp³-hybridized carbons (Fsp3) is 0.818. The Morgan fingerprint density at radius 2 is 1.84 bits per heavy atom. The molecule has 0 aromatic heterocycles. The van der Waals surface area contributed by atoms with E-state index in [-0.39, 0.29) is 12.8 Å². The molecule has 5 nitrogen and oxygen atoms in total. The Balaban J connectivity index is 2.71. The van der Waals surface area contributed by atoms with Gasteiger partial charge >= 0.3 is 12.1 Å². The minimum absolute atomic E-state index is 0.122. The van der Waals surface area contributed by atoms with E-state index in [1.807, 2.05) is 0 Å². The number of carbonyl (C=O) groups excluding carboxylic acids is 1. The molecule has 1 N–H and O–H groups in total. The number of alkyl halides is 3. The number of hydrogen-bond acceptors (Lipinski definition) is 3. The fourth-order valence-corrected chi connectivity index (χ4v) is 1.89. The molecule has 0 radical (unpaired) electrons. The normalized spacial score (nSPS) is 23.7. The minimum Gasteiger partial charge on any atom is -0.479 e. The molecule has 1 rings (SSSR count). The molecule has 1 aliphatic heterocycles. The van der Waals surface area contributed by atoms with Crippen LogP contribution in [0.15, 0.2) is 0 Å². The van der Waals surface area contributed by atoms with Gasteiger partial charge in [0.25, 0.3) is 5.91 Å². The van der Waals surface area contributed by atoms with Crippen molar-refractivity contribution in [1.82, 2.24) is 4.90 Å². The number of halogens is 3. The molecule has 0 bridgehead atoms. The Hall–Kier alpha value is -1.31. The topological polar surface area (TPSA) is 66.8 Å². The van der Waals surface area contributed by atoms with E-state index < -0.39 is 42.8 Å². The van der Waals surface area contributed by atoms with Gasteiger partial charge in [0.2, 0.25) is 0 Å². The van der Waals surface area contributed by atoms with Crippen molar-refractivity contribution in [3.05, 3.63) is 0 Å². The van der Waals surface area contributed by atoms with E-state index in [4.69, 9.17) is 9.84 Å². The quantitative estimate of drug-likeness (QED) is 0.847. The largest absolute Gasteiger partial charge is 0.479 e. The lowest BCUT2D eigenvalue weighted by molar-refractivity contribution is -0.173. The maximum absolute atomic E-state index is 12.4. The first kappa shape index (κ1) is 15.7. The Bertz CT molecular complexity index is 356. The highest BCUT2D eigenvalue weighted by Crippen LogP contribution is 2.25. The predicted molar refractivity (Wildman–Crippen MR) is 58.4 cm³/mol. The Morgan fingerprint density at radius 3 is 2.21 bits per heavy atom. The molecule has 0 aromatic rings. The summed E-state index contributed by atoms with van der Waals surface area (Å²) >= 11 is 0. The molecule has 8 heteroatoms. The first-order chi connectivity index (χ1) is 8.61. The molecule has 2 unspecified atom stereocenters. The summed E-state index contributed by atoms with van der Waals surface area (Å²) in [6.07, 6.45) is -6.47. The standard InChI is InChI=1S/C11H16F3NO4/c1-6(2)15(5-11(12,13)14)9(16)7-3-4-8(19-7)10(17)18/h6-8H,3-5H2,1-2H3,(H,17,18). The van der Waals surface area contributed by atoms with Crippen LogP contribution in [0.1, 0.15) is 26.7 Å². The summed E-state index contributed by atoms with van der Waals surface area (Å²) in [5.74, 6) is -2.02. The maximum atomic E-state index is 12.4. The van der Waals surface area contributed by atoms with Gasteiger partial charge in [-0.2, -0.15) is 13.2 Å². The van der Waals surface area contributed by atoms with Crippen LogP contribution in [0.5, 0.6) is 0 Å². The lowest BCUT2D eigenvalue weighted by atomic mass is 10.1. The first-order valence-electron chi connectivity index (χ1n) is 5.87. The molecule has 0 saturated carbocycles. The number of amides is 1. The van der Waals surface area contributed by atoms with Gasteiger partial charge in [-0.05, 0) is 26.7 Å². The smallest absolute Gasteiger partial charge is 0.406 e. The number of carboxylic acid groups (broad SMARTS) is 1. The number of ether oxygens (including phenoxy) is 1. The van der Waals surface area contributed by atoms with Crippen molar-refractivity contribution >= 4 is 11.9 Å². The van der Waals surface area contributed by atoms with Gasteiger partial charge in [-0.25, -0.2) is 4.79 Å². The van der Waals surface area contributed by atoms with Crippen molar-refractivity contribution in [2.75, 3.05) is 6.54 Å². The monoisotopic (exact) mass is 283 g/mol. The van der Waals surface area contributed by atoms with Crippen molar-refractivity contribution in [1.29, 1.82) is 0 Å².